The quantitative estimate of drug-likeness (QED) is 0.0624. The van der Waals surface area contributed by atoms with Crippen molar-refractivity contribution < 1.29 is 26.0 Å². The number of imidazole rings is 1. The number of ether oxygens (including phenoxy) is 1. The number of aromatic nitrogens is 7. The zero-order valence-corrected chi connectivity index (χ0v) is 37.0. The number of nitrogens with zero attached hydrogens (tertiary/aromatic N) is 15. The molecule has 0 spiro atoms. The highest BCUT2D eigenvalue weighted by Crippen LogP contribution is 2.40. The van der Waals surface area contributed by atoms with Gasteiger partial charge in [-0.2, -0.15) is 0 Å². The molecule has 0 bridgehead atoms. The minimum Gasteiger partial charge on any atom is -0.489 e. The van der Waals surface area contributed by atoms with Gasteiger partial charge in [-0.1, -0.05) is 23.1 Å². The number of nitro groups is 1. The van der Waals surface area contributed by atoms with Crippen molar-refractivity contribution in [1.82, 2.24) is 40.3 Å². The molecular formula is C48H48N18O4. The van der Waals surface area contributed by atoms with Crippen LogP contribution < -0.4 is 26.3 Å². The van der Waals surface area contributed by atoms with Crippen molar-refractivity contribution in [3.8, 4) is 153 Å². The van der Waals surface area contributed by atoms with Gasteiger partial charge in [0.1, 0.15) is 17.5 Å². The lowest BCUT2D eigenvalue weighted by Gasteiger charge is -2.34. The van der Waals surface area contributed by atoms with E-state index in [2.05, 4.69) is 209 Å². The van der Waals surface area contributed by atoms with Crippen LogP contribution >= 0.6 is 0 Å². The first kappa shape index (κ1) is 49.7. The summed E-state index contributed by atoms with van der Waals surface area (Å²) < 4.78 is 9.68. The number of pyridine rings is 1. The van der Waals surface area contributed by atoms with E-state index in [9.17, 15) is 14.9 Å². The van der Waals surface area contributed by atoms with Gasteiger partial charge < -0.3 is 35.5 Å². The number of anilines is 2. The van der Waals surface area contributed by atoms with E-state index < -0.39 is 5.03 Å². The van der Waals surface area contributed by atoms with Crippen molar-refractivity contribution in [3.05, 3.63) is 64.5 Å². The van der Waals surface area contributed by atoms with Gasteiger partial charge in [0.25, 0.3) is 5.91 Å². The van der Waals surface area contributed by atoms with Crippen LogP contribution in [-0.2, 0) is 6.54 Å². The van der Waals surface area contributed by atoms with E-state index in [1.807, 2.05) is 35.2 Å². The fourth-order valence-corrected chi connectivity index (χ4v) is 5.39. The zero-order valence-electron chi connectivity index (χ0n) is 37.0. The summed E-state index contributed by atoms with van der Waals surface area (Å²) in [6, 6.07) is 7.37. The van der Waals surface area contributed by atoms with E-state index >= 15 is 0 Å². The van der Waals surface area contributed by atoms with Gasteiger partial charge in [-0.3, -0.25) is 4.79 Å². The first-order valence-corrected chi connectivity index (χ1v) is 20.2. The van der Waals surface area contributed by atoms with Gasteiger partial charge in [0, 0.05) is 76.3 Å². The largest absolute Gasteiger partial charge is 0.489 e. The van der Waals surface area contributed by atoms with E-state index in [1.165, 1.54) is 18.4 Å². The standard InChI is InChI=1S/C24H23N9O2.C24H6.H3N9O2.8H2/c34-24(27-17-4-1-3-16-22(17)35-10-9-33-23(16)28-29-30-33)18-11-20(21(12-25-18)31-7-2-8-31)32-13-19(26-14-32)15-5-6-15;1-3-5-7-9-11-13-15-17-19-21-23-24-22-20-18-16-14-12-10-8-6-4-2;1-2-3-4-5-6-7-8-9(10)11;;;;;;;;/h1,3-4,11-15H,2,5-10H2,(H,27,34);1-2H3;(H2,1,3,5,7)(H,2,4,6,8);8*1H. The molecule has 0 radical (unpaired) electrons. The maximum absolute atomic E-state index is 13.3. The highest BCUT2D eigenvalue weighted by atomic mass is 16.7. The molecule has 1 saturated heterocycles. The van der Waals surface area contributed by atoms with Crippen molar-refractivity contribution in [3.63, 3.8) is 0 Å². The lowest BCUT2D eigenvalue weighted by atomic mass is 10.1. The molecular weight excluding hydrogens is 893 g/mol. The van der Waals surface area contributed by atoms with Gasteiger partial charge in [0.05, 0.1) is 52.4 Å². The number of fused-ring (bicyclic) bond motifs is 3. The highest BCUT2D eigenvalue weighted by Gasteiger charge is 2.28. The van der Waals surface area contributed by atoms with Gasteiger partial charge in [0.15, 0.2) is 16.8 Å². The van der Waals surface area contributed by atoms with Crippen LogP contribution in [0.4, 0.5) is 11.4 Å². The smallest absolute Gasteiger partial charge is 0.274 e. The van der Waals surface area contributed by atoms with E-state index in [0.717, 1.165) is 42.1 Å². The SMILES string of the molecule is CC#CC#CC#CC#CC#CC#CC#CC#CC#CC#CC#CC.NN=NN=NN=NN[N+](=O)[O-].O=C(Nc1cccc2c1OCCn1nnnc1-2)c1cc(-n2cnc(C3CC3)c2)c(N2CCC2)cn1.[HH].[HH].[HH].[HH].[HH].[HH].[HH].[HH]. The van der Waals surface area contributed by atoms with Crippen molar-refractivity contribution in [1.29, 1.82) is 0 Å². The zero-order chi connectivity index (χ0) is 49.4. The monoisotopic (exact) mass is 940 g/mol. The molecule has 3 aliphatic rings. The number of amides is 1. The molecule has 354 valence electrons. The normalized spacial score (nSPS) is 11.4. The van der Waals surface area contributed by atoms with Crippen molar-refractivity contribution in [2.75, 3.05) is 29.9 Å². The fourth-order valence-electron chi connectivity index (χ4n) is 5.39. The Morgan fingerprint density at radius 3 is 1.96 bits per heavy atom. The molecule has 1 saturated carbocycles. The van der Waals surface area contributed by atoms with Crippen LogP contribution in [0.5, 0.6) is 5.75 Å². The first-order chi connectivity index (χ1) is 34.4. The number of nitrogens with one attached hydrogen (secondary N) is 2. The summed E-state index contributed by atoms with van der Waals surface area (Å²) in [6.07, 6.45) is 9.24. The molecule has 0 atom stereocenters. The Balaban J connectivity index is -0.000000566. The Morgan fingerprint density at radius 1 is 0.814 bits per heavy atom. The molecule has 1 amide bonds. The topological polar surface area (TPSA) is 271 Å². The number of rotatable bonds is 9. The molecule has 4 aromatic rings. The number of para-hydroxylation sites is 1. The van der Waals surface area contributed by atoms with Crippen LogP contribution in [0.15, 0.2) is 74.3 Å². The number of nitrogens with two attached hydrogens (primary N) is 1. The predicted octanol–water partition coefficient (Wildman–Crippen LogP) is 5.43. The fraction of sp³-hybridized carbons (Fsp3) is 0.208. The molecule has 4 N–H and O–H groups in total. The Morgan fingerprint density at radius 2 is 1.41 bits per heavy atom. The van der Waals surface area contributed by atoms with Crippen LogP contribution in [0.25, 0.3) is 17.1 Å². The molecule has 0 unspecified atom stereocenters. The second kappa shape index (κ2) is 28.5. The lowest BCUT2D eigenvalue weighted by molar-refractivity contribution is -0.546. The molecule has 70 heavy (non-hydrogen) atoms. The summed E-state index contributed by atoms with van der Waals surface area (Å²) in [6.45, 7) is 6.29. The lowest BCUT2D eigenvalue weighted by Crippen LogP contribution is -2.37. The third-order valence-corrected chi connectivity index (χ3v) is 8.53. The maximum Gasteiger partial charge on any atom is 0.274 e. The average molecular weight is 941 g/mol. The number of hydrazine groups is 1. The molecule has 2 aliphatic heterocycles. The van der Waals surface area contributed by atoms with Gasteiger partial charge in [-0.25, -0.2) is 14.6 Å². The van der Waals surface area contributed by atoms with Crippen molar-refractivity contribution in [2.24, 2.45) is 37.2 Å². The number of tetrazole rings is 1. The molecule has 22 heteroatoms. The van der Waals surface area contributed by atoms with Crippen LogP contribution in [0, 0.1) is 140 Å². The molecule has 1 aromatic carbocycles. The molecule has 1 aliphatic carbocycles. The second-order valence-corrected chi connectivity index (χ2v) is 13.0. The van der Waals surface area contributed by atoms with Gasteiger partial charge >= 0.3 is 0 Å². The number of hydrogen-bond acceptors (Lipinski definition) is 12. The minimum atomic E-state index is -0.927. The number of carbonyl (C=O) groups excluding carboxylic acids is 1. The van der Waals surface area contributed by atoms with Crippen LogP contribution in [0.3, 0.4) is 0 Å². The second-order valence-electron chi connectivity index (χ2n) is 13.0. The first-order valence-electron chi connectivity index (χ1n) is 20.2. The minimum absolute atomic E-state index is 0. The maximum atomic E-state index is 13.3. The molecule has 5 heterocycles. The third-order valence-electron chi connectivity index (χ3n) is 8.53. The van der Waals surface area contributed by atoms with Crippen molar-refractivity contribution >= 4 is 17.3 Å². The molecule has 2 fully saturated rings. The number of benzene rings is 1. The molecule has 22 nitrogen and oxygen atoms in total. The Labute approximate surface area is 413 Å². The Kier molecular flexibility index (Phi) is 20.2. The van der Waals surface area contributed by atoms with E-state index in [-0.39, 0.29) is 17.3 Å². The number of hydrogen-bond donors (Lipinski definition) is 3. The Bertz CT molecular complexity index is 3370. The van der Waals surface area contributed by atoms with E-state index in [4.69, 9.17) is 4.74 Å². The van der Waals surface area contributed by atoms with Gasteiger partial charge in [-0.15, -0.1) is 5.10 Å². The third kappa shape index (κ3) is 16.7. The average Bonchev–Trinajstić information content (AvgIpc) is 3.95. The molecule has 7 rings (SSSR count). The van der Waals surface area contributed by atoms with E-state index in [0.29, 0.717) is 42.0 Å². The van der Waals surface area contributed by atoms with Gasteiger partial charge in [-0.05, 0) is 162 Å². The summed E-state index contributed by atoms with van der Waals surface area (Å²) in [4.78, 5) is 34.2. The highest BCUT2D eigenvalue weighted by molar-refractivity contribution is 6.05. The van der Waals surface area contributed by atoms with Crippen LogP contribution in [0.1, 0.15) is 66.6 Å². The summed E-state index contributed by atoms with van der Waals surface area (Å²) in [5.41, 5.74) is 5.98. The van der Waals surface area contributed by atoms with Gasteiger partial charge in [0.2, 0.25) is 0 Å². The van der Waals surface area contributed by atoms with Crippen LogP contribution in [-0.4, -0.2) is 65.4 Å². The number of carbonyl (C=O) groups is 1. The van der Waals surface area contributed by atoms with E-state index in [1.54, 1.807) is 24.7 Å². The van der Waals surface area contributed by atoms with Crippen molar-refractivity contribution in [2.45, 2.75) is 45.6 Å². The summed E-state index contributed by atoms with van der Waals surface area (Å²) in [5, 5.41) is 40.0. The summed E-state index contributed by atoms with van der Waals surface area (Å²) >= 11 is 0. The predicted molar refractivity (Wildman–Crippen MR) is 270 cm³/mol. The summed E-state index contributed by atoms with van der Waals surface area (Å²) in [5.74, 6) is 61.5. The van der Waals surface area contributed by atoms with Crippen LogP contribution in [0.2, 0.25) is 0 Å². The summed E-state index contributed by atoms with van der Waals surface area (Å²) in [7, 11) is 0. The molecule has 3 aromatic heterocycles. The Hall–Kier alpha value is -11.3.